The van der Waals surface area contributed by atoms with Crippen molar-refractivity contribution in [2.24, 2.45) is 5.73 Å². The molecular formula is C22H22F3N3O5S. The molecule has 2 aromatic rings. The largest absolute Gasteiger partial charge is 0.507 e. The number of thioether (sulfide) groups is 1. The van der Waals surface area contributed by atoms with Crippen molar-refractivity contribution in [1.29, 1.82) is 0 Å². The van der Waals surface area contributed by atoms with Crippen LogP contribution in [0.4, 0.5) is 13.2 Å². The van der Waals surface area contributed by atoms with E-state index in [-0.39, 0.29) is 30.5 Å². The number of nitrogens with two attached hydrogens (primary N) is 1. The van der Waals surface area contributed by atoms with Gasteiger partial charge in [0.1, 0.15) is 17.1 Å². The number of nitrogens with one attached hydrogen (secondary N) is 1. The first-order valence-electron chi connectivity index (χ1n) is 10.2. The Hall–Kier alpha value is -3.25. The van der Waals surface area contributed by atoms with E-state index < -0.39 is 52.4 Å². The van der Waals surface area contributed by atoms with Crippen molar-refractivity contribution in [3.05, 3.63) is 64.5 Å². The second-order valence-electron chi connectivity index (χ2n) is 7.71. The fourth-order valence-electron chi connectivity index (χ4n) is 3.50. The van der Waals surface area contributed by atoms with Gasteiger partial charge in [-0.3, -0.25) is 9.59 Å². The molecule has 2 amide bonds. The monoisotopic (exact) mass is 497 g/mol. The highest BCUT2D eigenvalue weighted by molar-refractivity contribution is 8.00. The molecule has 34 heavy (non-hydrogen) atoms. The normalized spacial score (nSPS) is 16.4. The minimum atomic E-state index is -1.32. The first-order chi connectivity index (χ1) is 16.1. The summed E-state index contributed by atoms with van der Waals surface area (Å²) in [5.74, 6) is -5.60. The van der Waals surface area contributed by atoms with Crippen molar-refractivity contribution in [2.75, 3.05) is 12.3 Å². The molecule has 0 aliphatic carbocycles. The number of carbonyl (C=O) groups is 3. The Kier molecular flexibility index (Phi) is 8.05. The van der Waals surface area contributed by atoms with E-state index in [0.29, 0.717) is 30.0 Å². The molecule has 8 nitrogen and oxygen atoms in total. The van der Waals surface area contributed by atoms with Crippen LogP contribution in [0, 0.1) is 17.5 Å². The zero-order valence-corrected chi connectivity index (χ0v) is 18.6. The van der Waals surface area contributed by atoms with Gasteiger partial charge in [-0.05, 0) is 35.7 Å². The predicted octanol–water partition coefficient (Wildman–Crippen LogP) is 1.99. The van der Waals surface area contributed by atoms with Gasteiger partial charge in [-0.25, -0.2) is 18.0 Å². The molecule has 1 aliphatic heterocycles. The molecule has 5 N–H and O–H groups in total. The van der Waals surface area contributed by atoms with E-state index in [1.54, 1.807) is 0 Å². The number of benzene rings is 2. The molecule has 2 aromatic carbocycles. The third kappa shape index (κ3) is 6.00. The van der Waals surface area contributed by atoms with Crippen LogP contribution in [0.25, 0.3) is 0 Å². The summed E-state index contributed by atoms with van der Waals surface area (Å²) in [7, 11) is 0. The van der Waals surface area contributed by atoms with E-state index in [0.717, 1.165) is 0 Å². The SMILES string of the molecule is N[C@@H](CC(=O)N1CCSC1C(=O)NCc1ccc(C(=O)O)c(O)c1)Cc1cc(F)c(F)cc1F. The van der Waals surface area contributed by atoms with Gasteiger partial charge in [0.15, 0.2) is 17.0 Å². The highest BCUT2D eigenvalue weighted by Crippen LogP contribution is 2.26. The Bertz CT molecular complexity index is 1120. The fourth-order valence-corrected chi connectivity index (χ4v) is 4.67. The smallest absolute Gasteiger partial charge is 0.339 e. The fraction of sp³-hybridized carbons (Fsp3) is 0.318. The molecule has 0 aromatic heterocycles. The summed E-state index contributed by atoms with van der Waals surface area (Å²) in [4.78, 5) is 37.7. The highest BCUT2D eigenvalue weighted by atomic mass is 32.2. The van der Waals surface area contributed by atoms with Crippen LogP contribution in [0.15, 0.2) is 30.3 Å². The van der Waals surface area contributed by atoms with Crippen LogP contribution < -0.4 is 11.1 Å². The molecule has 182 valence electrons. The molecule has 0 bridgehead atoms. The first kappa shape index (κ1) is 25.4. The van der Waals surface area contributed by atoms with Gasteiger partial charge in [-0.2, -0.15) is 0 Å². The predicted molar refractivity (Wildman–Crippen MR) is 117 cm³/mol. The lowest BCUT2D eigenvalue weighted by molar-refractivity contribution is -0.136. The van der Waals surface area contributed by atoms with E-state index in [2.05, 4.69) is 5.32 Å². The van der Waals surface area contributed by atoms with Crippen molar-refractivity contribution in [3.63, 3.8) is 0 Å². The molecule has 12 heteroatoms. The first-order valence-corrected chi connectivity index (χ1v) is 11.2. The van der Waals surface area contributed by atoms with Crippen molar-refractivity contribution >= 4 is 29.5 Å². The number of carboxylic acids is 1. The Morgan fingerprint density at radius 1 is 1.15 bits per heavy atom. The number of carboxylic acid groups (broad SMARTS) is 1. The number of rotatable bonds is 8. The summed E-state index contributed by atoms with van der Waals surface area (Å²) in [6, 6.07) is 4.15. The van der Waals surface area contributed by atoms with Gasteiger partial charge < -0.3 is 26.2 Å². The molecule has 1 unspecified atom stereocenters. The molecule has 0 saturated carbocycles. The van der Waals surface area contributed by atoms with Gasteiger partial charge in [0.2, 0.25) is 5.91 Å². The number of amides is 2. The number of nitrogens with zero attached hydrogens (tertiary/aromatic N) is 1. The summed E-state index contributed by atoms with van der Waals surface area (Å²) >= 11 is 1.24. The number of hydrogen-bond donors (Lipinski definition) is 4. The van der Waals surface area contributed by atoms with Crippen molar-refractivity contribution < 1.29 is 37.8 Å². The molecule has 1 saturated heterocycles. The average molecular weight is 497 g/mol. The second kappa shape index (κ2) is 10.8. The van der Waals surface area contributed by atoms with Crippen LogP contribution in [0.5, 0.6) is 5.75 Å². The number of aromatic hydroxyl groups is 1. The van der Waals surface area contributed by atoms with E-state index in [4.69, 9.17) is 10.8 Å². The maximum absolute atomic E-state index is 13.8. The van der Waals surface area contributed by atoms with Crippen LogP contribution in [-0.2, 0) is 22.6 Å². The standard InChI is InChI=1S/C22H22F3N3O5S/c23-15-9-17(25)16(24)7-12(15)6-13(26)8-19(30)28-3-4-34-21(28)20(31)27-10-11-1-2-14(22(32)33)18(29)5-11/h1-2,5,7,9,13,21,29H,3-4,6,8,10,26H2,(H,27,31)(H,32,33)/t13-,21?/m1/s1. The minimum absolute atomic E-state index is 0.000302. The summed E-state index contributed by atoms with van der Waals surface area (Å²) in [5.41, 5.74) is 5.98. The highest BCUT2D eigenvalue weighted by Gasteiger charge is 2.35. The Labute approximate surface area is 196 Å². The van der Waals surface area contributed by atoms with Crippen LogP contribution in [0.2, 0.25) is 0 Å². The Balaban J connectivity index is 1.57. The van der Waals surface area contributed by atoms with Crippen molar-refractivity contribution in [3.8, 4) is 5.75 Å². The van der Waals surface area contributed by atoms with Crippen LogP contribution in [-0.4, -0.2) is 56.6 Å². The summed E-state index contributed by atoms with van der Waals surface area (Å²) in [6.45, 7) is 0.294. The molecule has 0 spiro atoms. The van der Waals surface area contributed by atoms with Gasteiger partial charge in [0, 0.05) is 37.4 Å². The molecule has 3 rings (SSSR count). The zero-order valence-electron chi connectivity index (χ0n) is 17.8. The Morgan fingerprint density at radius 2 is 1.85 bits per heavy atom. The minimum Gasteiger partial charge on any atom is -0.507 e. The van der Waals surface area contributed by atoms with Crippen molar-refractivity contribution in [1.82, 2.24) is 10.2 Å². The third-order valence-corrected chi connectivity index (χ3v) is 6.41. The molecule has 2 atom stereocenters. The number of aromatic carboxylic acids is 1. The van der Waals surface area contributed by atoms with Gasteiger partial charge >= 0.3 is 5.97 Å². The topological polar surface area (TPSA) is 133 Å². The van der Waals surface area contributed by atoms with Gasteiger partial charge in [-0.15, -0.1) is 11.8 Å². The lowest BCUT2D eigenvalue weighted by Gasteiger charge is -2.24. The lowest BCUT2D eigenvalue weighted by Crippen LogP contribution is -2.46. The van der Waals surface area contributed by atoms with Crippen LogP contribution in [0.3, 0.4) is 0 Å². The summed E-state index contributed by atoms with van der Waals surface area (Å²) in [5, 5.41) is 20.5. The van der Waals surface area contributed by atoms with Crippen molar-refractivity contribution in [2.45, 2.75) is 30.8 Å². The van der Waals surface area contributed by atoms with Gasteiger partial charge in [0.05, 0.1) is 0 Å². The Morgan fingerprint density at radius 3 is 2.53 bits per heavy atom. The number of halogens is 3. The lowest BCUT2D eigenvalue weighted by atomic mass is 10.0. The van der Waals surface area contributed by atoms with E-state index in [1.807, 2.05) is 0 Å². The molecule has 1 fully saturated rings. The van der Waals surface area contributed by atoms with E-state index in [1.165, 1.54) is 34.9 Å². The summed E-state index contributed by atoms with van der Waals surface area (Å²) in [6.07, 6.45) is -0.421. The van der Waals surface area contributed by atoms with Gasteiger partial charge in [0.25, 0.3) is 5.91 Å². The molecular weight excluding hydrogens is 475 g/mol. The number of carbonyl (C=O) groups excluding carboxylic acids is 2. The third-order valence-electron chi connectivity index (χ3n) is 5.20. The molecule has 1 heterocycles. The summed E-state index contributed by atoms with van der Waals surface area (Å²) < 4.78 is 40.3. The maximum Gasteiger partial charge on any atom is 0.339 e. The zero-order chi connectivity index (χ0) is 25.0. The number of hydrogen-bond acceptors (Lipinski definition) is 6. The van der Waals surface area contributed by atoms with Crippen LogP contribution >= 0.6 is 11.8 Å². The maximum atomic E-state index is 13.8. The van der Waals surface area contributed by atoms with E-state index in [9.17, 15) is 32.7 Å². The number of phenols is 1. The quantitative estimate of drug-likeness (QED) is 0.410. The van der Waals surface area contributed by atoms with Gasteiger partial charge in [-0.1, -0.05) is 6.07 Å². The molecule has 1 aliphatic rings. The van der Waals surface area contributed by atoms with E-state index >= 15 is 0 Å². The second-order valence-corrected chi connectivity index (χ2v) is 8.90. The van der Waals surface area contributed by atoms with Crippen LogP contribution in [0.1, 0.15) is 27.9 Å². The molecule has 0 radical (unpaired) electrons. The average Bonchev–Trinajstić information content (AvgIpc) is 3.26.